The lowest BCUT2D eigenvalue weighted by Gasteiger charge is -2.11. The molecule has 0 aliphatic carbocycles. The van der Waals surface area contributed by atoms with E-state index in [4.69, 9.17) is 11.6 Å². The van der Waals surface area contributed by atoms with E-state index < -0.39 is 6.10 Å². The molecule has 0 fully saturated rings. The lowest BCUT2D eigenvalue weighted by atomic mass is 10.1. The molecule has 1 N–H and O–H groups in total. The Morgan fingerprint density at radius 1 is 1.44 bits per heavy atom. The maximum atomic E-state index is 9.42. The summed E-state index contributed by atoms with van der Waals surface area (Å²) in [5.74, 6) is 1.01. The van der Waals surface area contributed by atoms with Gasteiger partial charge in [-0.2, -0.15) is 0 Å². The lowest BCUT2D eigenvalue weighted by Crippen LogP contribution is -2.14. The van der Waals surface area contributed by atoms with Crippen LogP contribution in [0.5, 0.6) is 0 Å². The van der Waals surface area contributed by atoms with Crippen LogP contribution in [-0.2, 0) is 0 Å². The zero-order valence-corrected chi connectivity index (χ0v) is 11.5. The molecule has 4 heteroatoms. The summed E-state index contributed by atoms with van der Waals surface area (Å²) in [6.45, 7) is 2.77. The van der Waals surface area contributed by atoms with E-state index in [9.17, 15) is 5.11 Å². The molecule has 0 radical (unpaired) electrons. The van der Waals surface area contributed by atoms with Crippen LogP contribution >= 0.6 is 23.4 Å². The fourth-order valence-electron chi connectivity index (χ4n) is 1.23. The number of nitrogens with zero attached hydrogens (tertiary/aromatic N) is 1. The standard InChI is InChI=1S/C12H18ClNOS/c1-9(15)10-4-5-12(11(13)8-10)16-7-6-14(2)3/h4-5,8-9,15H,6-7H2,1-3H3/t9-/m0/s1. The van der Waals surface area contributed by atoms with Crippen LogP contribution in [-0.4, -0.2) is 36.4 Å². The van der Waals surface area contributed by atoms with Crippen LogP contribution < -0.4 is 0 Å². The van der Waals surface area contributed by atoms with Crippen LogP contribution in [0, 0.1) is 0 Å². The van der Waals surface area contributed by atoms with Gasteiger partial charge in [0.25, 0.3) is 0 Å². The van der Waals surface area contributed by atoms with Gasteiger partial charge in [-0.05, 0) is 38.7 Å². The first-order valence-electron chi connectivity index (χ1n) is 5.25. The van der Waals surface area contributed by atoms with Crippen LogP contribution in [0.1, 0.15) is 18.6 Å². The van der Waals surface area contributed by atoms with Gasteiger partial charge < -0.3 is 10.0 Å². The molecule has 0 unspecified atom stereocenters. The third kappa shape index (κ3) is 4.34. The fraction of sp³-hybridized carbons (Fsp3) is 0.500. The van der Waals surface area contributed by atoms with Gasteiger partial charge in [-0.15, -0.1) is 11.8 Å². The number of hydrogen-bond donors (Lipinski definition) is 1. The summed E-state index contributed by atoms with van der Waals surface area (Å²) in [5, 5.41) is 10.1. The van der Waals surface area contributed by atoms with Crippen LogP contribution in [0.15, 0.2) is 23.1 Å². The monoisotopic (exact) mass is 259 g/mol. The van der Waals surface area contributed by atoms with Crippen molar-refractivity contribution in [3.8, 4) is 0 Å². The van der Waals surface area contributed by atoms with Crippen molar-refractivity contribution in [1.82, 2.24) is 4.90 Å². The number of thioether (sulfide) groups is 1. The van der Waals surface area contributed by atoms with Crippen LogP contribution in [0.2, 0.25) is 5.02 Å². The Kier molecular flexibility index (Phi) is 5.62. The number of aliphatic hydroxyl groups is 1. The molecule has 0 aliphatic rings. The van der Waals surface area contributed by atoms with Crippen molar-refractivity contribution in [3.05, 3.63) is 28.8 Å². The number of benzene rings is 1. The SMILES string of the molecule is C[C@H](O)c1ccc(SCCN(C)C)c(Cl)c1. The molecule has 2 nitrogen and oxygen atoms in total. The van der Waals surface area contributed by atoms with Gasteiger partial charge in [0, 0.05) is 17.2 Å². The summed E-state index contributed by atoms with van der Waals surface area (Å²) >= 11 is 7.88. The summed E-state index contributed by atoms with van der Waals surface area (Å²) in [5.41, 5.74) is 0.863. The number of halogens is 1. The van der Waals surface area contributed by atoms with E-state index in [2.05, 4.69) is 19.0 Å². The summed E-state index contributed by atoms with van der Waals surface area (Å²) in [4.78, 5) is 3.22. The molecule has 0 heterocycles. The smallest absolute Gasteiger partial charge is 0.0762 e. The van der Waals surface area contributed by atoms with E-state index in [1.807, 2.05) is 18.2 Å². The second-order valence-corrected chi connectivity index (χ2v) is 5.56. The summed E-state index contributed by atoms with van der Waals surface area (Å²) in [7, 11) is 4.11. The topological polar surface area (TPSA) is 23.5 Å². The first kappa shape index (κ1) is 13.8. The Labute approximate surface area is 107 Å². The molecule has 1 atom stereocenters. The molecule has 1 aromatic carbocycles. The Bertz CT molecular complexity index is 342. The van der Waals surface area contributed by atoms with Gasteiger partial charge in [0.2, 0.25) is 0 Å². The predicted molar refractivity (Wildman–Crippen MR) is 71.4 cm³/mol. The molecular formula is C12H18ClNOS. The molecule has 1 rings (SSSR count). The highest BCUT2D eigenvalue weighted by atomic mass is 35.5. The Morgan fingerprint density at radius 2 is 2.12 bits per heavy atom. The molecule has 1 aromatic rings. The fourth-order valence-corrected chi connectivity index (χ4v) is 2.62. The minimum absolute atomic E-state index is 0.460. The third-order valence-corrected chi connectivity index (χ3v) is 3.71. The number of hydrogen-bond acceptors (Lipinski definition) is 3. The van der Waals surface area contributed by atoms with E-state index in [0.29, 0.717) is 0 Å². The molecule has 0 saturated carbocycles. The highest BCUT2D eigenvalue weighted by Crippen LogP contribution is 2.29. The summed E-state index contributed by atoms with van der Waals surface area (Å²) in [6, 6.07) is 5.74. The average Bonchev–Trinajstić information content (AvgIpc) is 2.19. The highest BCUT2D eigenvalue weighted by molar-refractivity contribution is 7.99. The zero-order chi connectivity index (χ0) is 12.1. The molecule has 0 amide bonds. The van der Waals surface area contributed by atoms with E-state index in [1.54, 1.807) is 18.7 Å². The van der Waals surface area contributed by atoms with Gasteiger partial charge in [-0.25, -0.2) is 0 Å². The van der Waals surface area contributed by atoms with Gasteiger partial charge in [0.05, 0.1) is 11.1 Å². The first-order valence-corrected chi connectivity index (χ1v) is 6.62. The predicted octanol–water partition coefficient (Wildman–Crippen LogP) is 3.05. The van der Waals surface area contributed by atoms with Crippen molar-refractivity contribution < 1.29 is 5.11 Å². The Hall–Kier alpha value is -0.220. The maximum Gasteiger partial charge on any atom is 0.0762 e. The zero-order valence-electron chi connectivity index (χ0n) is 9.90. The summed E-state index contributed by atoms with van der Waals surface area (Å²) in [6.07, 6.45) is -0.460. The summed E-state index contributed by atoms with van der Waals surface area (Å²) < 4.78 is 0. The molecule has 0 saturated heterocycles. The van der Waals surface area contributed by atoms with Gasteiger partial charge in [-0.1, -0.05) is 17.7 Å². The van der Waals surface area contributed by atoms with Gasteiger partial charge in [0.1, 0.15) is 0 Å². The van der Waals surface area contributed by atoms with Crippen molar-refractivity contribution in [3.63, 3.8) is 0 Å². The first-order chi connectivity index (χ1) is 7.50. The van der Waals surface area contributed by atoms with E-state index in [0.717, 1.165) is 27.8 Å². The second kappa shape index (κ2) is 6.50. The van der Waals surface area contributed by atoms with Gasteiger partial charge >= 0.3 is 0 Å². The van der Waals surface area contributed by atoms with Crippen molar-refractivity contribution >= 4 is 23.4 Å². The normalized spacial score (nSPS) is 13.1. The molecule has 0 bridgehead atoms. The van der Waals surface area contributed by atoms with E-state index >= 15 is 0 Å². The minimum atomic E-state index is -0.460. The van der Waals surface area contributed by atoms with E-state index in [1.165, 1.54) is 0 Å². The molecular weight excluding hydrogens is 242 g/mol. The van der Waals surface area contributed by atoms with Crippen molar-refractivity contribution in [1.29, 1.82) is 0 Å². The lowest BCUT2D eigenvalue weighted by molar-refractivity contribution is 0.199. The van der Waals surface area contributed by atoms with Gasteiger partial charge in [-0.3, -0.25) is 0 Å². The van der Waals surface area contributed by atoms with Crippen LogP contribution in [0.3, 0.4) is 0 Å². The van der Waals surface area contributed by atoms with Crippen molar-refractivity contribution in [2.45, 2.75) is 17.9 Å². The largest absolute Gasteiger partial charge is 0.389 e. The molecule has 90 valence electrons. The van der Waals surface area contributed by atoms with Gasteiger partial charge in [0.15, 0.2) is 0 Å². The average molecular weight is 260 g/mol. The Balaban J connectivity index is 2.61. The van der Waals surface area contributed by atoms with Crippen molar-refractivity contribution in [2.24, 2.45) is 0 Å². The highest BCUT2D eigenvalue weighted by Gasteiger charge is 2.06. The Morgan fingerprint density at radius 3 is 2.62 bits per heavy atom. The second-order valence-electron chi connectivity index (χ2n) is 4.02. The molecule has 0 aliphatic heterocycles. The molecule has 16 heavy (non-hydrogen) atoms. The quantitative estimate of drug-likeness (QED) is 0.823. The minimum Gasteiger partial charge on any atom is -0.389 e. The van der Waals surface area contributed by atoms with Crippen LogP contribution in [0.25, 0.3) is 0 Å². The molecule has 0 aromatic heterocycles. The maximum absolute atomic E-state index is 9.42. The van der Waals surface area contributed by atoms with Crippen LogP contribution in [0.4, 0.5) is 0 Å². The third-order valence-electron chi connectivity index (χ3n) is 2.23. The number of aliphatic hydroxyl groups excluding tert-OH is 1. The number of rotatable bonds is 5. The van der Waals surface area contributed by atoms with Crippen molar-refractivity contribution in [2.75, 3.05) is 26.4 Å². The molecule has 0 spiro atoms. The van der Waals surface area contributed by atoms with E-state index in [-0.39, 0.29) is 0 Å².